The molecule has 6 nitrogen and oxygen atoms in total. The molecular formula is C24H23N5OS2. The van der Waals surface area contributed by atoms with Crippen molar-refractivity contribution >= 4 is 50.0 Å². The molecule has 162 valence electrons. The molecule has 4 heterocycles. The standard InChI is InChI=1S/C24H23N5OS2/c1-29-22-17(14-27-29)11-16(13-26-22)19-12-18(15-7-4-3-5-8-15)20-21(25)24(32-23(20)28-19)31-10-6-9-30-2/h3-5,7-8,11-14H,6,9-10,25H2,1-2H3. The van der Waals surface area contributed by atoms with E-state index in [0.29, 0.717) is 0 Å². The number of nitrogen functional groups attached to an aromatic ring is 1. The van der Waals surface area contributed by atoms with E-state index in [1.165, 1.54) is 0 Å². The molecule has 0 saturated carbocycles. The van der Waals surface area contributed by atoms with Crippen LogP contribution in [0.3, 0.4) is 0 Å². The fraction of sp³-hybridized carbons (Fsp3) is 0.208. The molecule has 0 unspecified atom stereocenters. The maximum atomic E-state index is 6.65. The third-order valence-corrected chi connectivity index (χ3v) is 7.82. The van der Waals surface area contributed by atoms with Gasteiger partial charge in [0.1, 0.15) is 4.83 Å². The molecule has 0 aliphatic heterocycles. The number of thioether (sulfide) groups is 1. The van der Waals surface area contributed by atoms with Crippen molar-refractivity contribution in [3.8, 4) is 22.4 Å². The summed E-state index contributed by atoms with van der Waals surface area (Å²) in [6.07, 6.45) is 4.68. The van der Waals surface area contributed by atoms with Gasteiger partial charge in [-0.3, -0.25) is 4.68 Å². The summed E-state index contributed by atoms with van der Waals surface area (Å²) in [4.78, 5) is 10.6. The van der Waals surface area contributed by atoms with Gasteiger partial charge in [0, 0.05) is 49.0 Å². The van der Waals surface area contributed by atoms with Crippen molar-refractivity contribution in [1.29, 1.82) is 0 Å². The number of fused-ring (bicyclic) bond motifs is 2. The molecule has 0 aliphatic carbocycles. The minimum Gasteiger partial charge on any atom is -0.397 e. The van der Waals surface area contributed by atoms with Gasteiger partial charge in [-0.2, -0.15) is 5.10 Å². The minimum atomic E-state index is 0.749. The molecule has 0 spiro atoms. The monoisotopic (exact) mass is 461 g/mol. The first-order valence-electron chi connectivity index (χ1n) is 10.3. The van der Waals surface area contributed by atoms with Gasteiger partial charge in [-0.1, -0.05) is 30.3 Å². The van der Waals surface area contributed by atoms with E-state index in [0.717, 1.165) is 72.3 Å². The number of nitrogens with zero attached hydrogens (tertiary/aromatic N) is 4. The van der Waals surface area contributed by atoms with Gasteiger partial charge in [0.15, 0.2) is 5.65 Å². The van der Waals surface area contributed by atoms with Crippen molar-refractivity contribution < 1.29 is 4.74 Å². The lowest BCUT2D eigenvalue weighted by Crippen LogP contribution is -1.93. The average Bonchev–Trinajstić information content (AvgIpc) is 3.36. The zero-order valence-corrected chi connectivity index (χ0v) is 19.5. The van der Waals surface area contributed by atoms with Crippen molar-refractivity contribution in [2.45, 2.75) is 10.6 Å². The van der Waals surface area contributed by atoms with Crippen molar-refractivity contribution in [2.24, 2.45) is 7.05 Å². The average molecular weight is 462 g/mol. The van der Waals surface area contributed by atoms with Crippen LogP contribution in [-0.4, -0.2) is 39.2 Å². The molecule has 8 heteroatoms. The van der Waals surface area contributed by atoms with E-state index in [4.69, 9.17) is 15.5 Å². The first-order valence-corrected chi connectivity index (χ1v) is 12.1. The normalized spacial score (nSPS) is 11.6. The van der Waals surface area contributed by atoms with Crippen LogP contribution < -0.4 is 5.73 Å². The maximum absolute atomic E-state index is 6.65. The Hall–Kier alpha value is -2.94. The molecule has 5 rings (SSSR count). The Balaban J connectivity index is 1.65. The van der Waals surface area contributed by atoms with Crippen molar-refractivity contribution in [2.75, 3.05) is 25.2 Å². The number of anilines is 1. The van der Waals surface area contributed by atoms with Gasteiger partial charge < -0.3 is 10.5 Å². The molecule has 5 aromatic rings. The van der Waals surface area contributed by atoms with E-state index in [-0.39, 0.29) is 0 Å². The number of methoxy groups -OCH3 is 1. The van der Waals surface area contributed by atoms with Crippen molar-refractivity contribution in [1.82, 2.24) is 19.7 Å². The molecule has 0 amide bonds. The van der Waals surface area contributed by atoms with Gasteiger partial charge in [0.2, 0.25) is 0 Å². The van der Waals surface area contributed by atoms with E-state index < -0.39 is 0 Å². The zero-order valence-electron chi connectivity index (χ0n) is 17.9. The molecule has 0 bridgehead atoms. The van der Waals surface area contributed by atoms with Gasteiger partial charge in [-0.15, -0.1) is 23.1 Å². The van der Waals surface area contributed by atoms with Crippen LogP contribution in [0.2, 0.25) is 0 Å². The summed E-state index contributed by atoms with van der Waals surface area (Å²) in [6, 6.07) is 14.6. The second-order valence-corrected chi connectivity index (χ2v) is 9.87. The number of hydrogen-bond donors (Lipinski definition) is 1. The molecule has 0 atom stereocenters. The lowest BCUT2D eigenvalue weighted by Gasteiger charge is -2.09. The summed E-state index contributed by atoms with van der Waals surface area (Å²) < 4.78 is 8.06. The van der Waals surface area contributed by atoms with Crippen LogP contribution in [0.1, 0.15) is 6.42 Å². The van der Waals surface area contributed by atoms with Crippen LogP contribution in [0.4, 0.5) is 5.69 Å². The Morgan fingerprint density at radius 1 is 1.12 bits per heavy atom. The number of aryl methyl sites for hydroxylation is 1. The summed E-state index contributed by atoms with van der Waals surface area (Å²) in [5.74, 6) is 0.958. The number of aromatic nitrogens is 4. The van der Waals surface area contributed by atoms with Crippen LogP contribution in [0.5, 0.6) is 0 Å². The third kappa shape index (κ3) is 3.85. The SMILES string of the molecule is COCCCSc1sc2nc(-c3cnc4c(cnn4C)c3)cc(-c3ccccc3)c2c1N. The molecule has 0 aliphatic rings. The summed E-state index contributed by atoms with van der Waals surface area (Å²) >= 11 is 3.43. The lowest BCUT2D eigenvalue weighted by molar-refractivity contribution is 0.200. The Morgan fingerprint density at radius 2 is 1.97 bits per heavy atom. The smallest absolute Gasteiger partial charge is 0.157 e. The minimum absolute atomic E-state index is 0.749. The summed E-state index contributed by atoms with van der Waals surface area (Å²) in [7, 11) is 3.63. The van der Waals surface area contributed by atoms with E-state index in [1.54, 1.807) is 34.9 Å². The predicted molar refractivity (Wildman–Crippen MR) is 134 cm³/mol. The molecule has 4 aromatic heterocycles. The van der Waals surface area contributed by atoms with Crippen LogP contribution >= 0.6 is 23.1 Å². The number of nitrogens with two attached hydrogens (primary N) is 1. The molecule has 0 radical (unpaired) electrons. The Labute approximate surface area is 194 Å². The van der Waals surface area contributed by atoms with Crippen LogP contribution in [0.15, 0.2) is 59.1 Å². The van der Waals surface area contributed by atoms with E-state index in [1.807, 2.05) is 37.6 Å². The summed E-state index contributed by atoms with van der Waals surface area (Å²) in [6.45, 7) is 0.749. The molecule has 0 fully saturated rings. The summed E-state index contributed by atoms with van der Waals surface area (Å²) in [5, 5.41) is 6.33. The van der Waals surface area contributed by atoms with Gasteiger partial charge in [-0.25, -0.2) is 9.97 Å². The number of rotatable bonds is 7. The number of ether oxygens (including phenoxy) is 1. The molecule has 2 N–H and O–H groups in total. The number of thiophene rings is 1. The van der Waals surface area contributed by atoms with E-state index in [2.05, 4.69) is 34.3 Å². The molecule has 32 heavy (non-hydrogen) atoms. The molecule has 1 aromatic carbocycles. The highest BCUT2D eigenvalue weighted by Gasteiger charge is 2.18. The second-order valence-electron chi connectivity index (χ2n) is 7.50. The van der Waals surface area contributed by atoms with Crippen LogP contribution in [0.25, 0.3) is 43.6 Å². The molecule has 0 saturated heterocycles. The van der Waals surface area contributed by atoms with Gasteiger partial charge in [-0.05, 0) is 29.7 Å². The van der Waals surface area contributed by atoms with Gasteiger partial charge >= 0.3 is 0 Å². The predicted octanol–water partition coefficient (Wildman–Crippen LogP) is 5.62. The number of hydrogen-bond acceptors (Lipinski definition) is 7. The third-order valence-electron chi connectivity index (χ3n) is 5.34. The topological polar surface area (TPSA) is 78.9 Å². The van der Waals surface area contributed by atoms with E-state index in [9.17, 15) is 0 Å². The Morgan fingerprint density at radius 3 is 2.78 bits per heavy atom. The Bertz CT molecular complexity index is 1390. The number of pyridine rings is 2. The quantitative estimate of drug-likeness (QED) is 0.250. The highest BCUT2D eigenvalue weighted by Crippen LogP contribution is 2.45. The van der Waals surface area contributed by atoms with Crippen molar-refractivity contribution in [3.63, 3.8) is 0 Å². The summed E-state index contributed by atoms with van der Waals surface area (Å²) in [5.41, 5.74) is 12.4. The fourth-order valence-corrected chi connectivity index (χ4v) is 6.03. The maximum Gasteiger partial charge on any atom is 0.157 e. The molecular weight excluding hydrogens is 438 g/mol. The Kier molecular flexibility index (Phi) is 5.82. The van der Waals surface area contributed by atoms with Crippen LogP contribution in [-0.2, 0) is 11.8 Å². The highest BCUT2D eigenvalue weighted by molar-refractivity contribution is 8.01. The van der Waals surface area contributed by atoms with Gasteiger partial charge in [0.05, 0.1) is 21.8 Å². The van der Waals surface area contributed by atoms with Gasteiger partial charge in [0.25, 0.3) is 0 Å². The van der Waals surface area contributed by atoms with E-state index >= 15 is 0 Å². The first-order chi connectivity index (χ1) is 15.7. The zero-order chi connectivity index (χ0) is 22.1. The van der Waals surface area contributed by atoms with Crippen molar-refractivity contribution in [3.05, 3.63) is 54.9 Å². The highest BCUT2D eigenvalue weighted by atomic mass is 32.2. The fourth-order valence-electron chi connectivity index (χ4n) is 3.75. The second kappa shape index (κ2) is 8.90. The van der Waals surface area contributed by atoms with Crippen LogP contribution in [0, 0.1) is 0 Å². The lowest BCUT2D eigenvalue weighted by atomic mass is 10.0. The number of benzene rings is 1. The first kappa shape index (κ1) is 20.9. The largest absolute Gasteiger partial charge is 0.397 e.